The van der Waals surface area contributed by atoms with E-state index in [1.807, 2.05) is 0 Å². The van der Waals surface area contributed by atoms with E-state index >= 15 is 0 Å². The molecule has 0 aromatic carbocycles. The summed E-state index contributed by atoms with van der Waals surface area (Å²) in [5.74, 6) is -0.771. The van der Waals surface area contributed by atoms with Crippen molar-refractivity contribution >= 4 is 0 Å². The first-order chi connectivity index (χ1) is 44.2. The zero-order chi connectivity index (χ0) is 72.2. The molecule has 0 aromatic heterocycles. The molecular weight excluding hydrogens is 1280 g/mol. The third-order valence-corrected chi connectivity index (χ3v) is 17.4. The Morgan fingerprint density at radius 1 is 0.266 bits per heavy atom. The predicted octanol–water partition coefficient (Wildman–Crippen LogP) is -22.3. The molecule has 0 bridgehead atoms. The van der Waals surface area contributed by atoms with E-state index in [0.717, 1.165) is 0 Å². The molecule has 7 saturated heterocycles. The van der Waals surface area contributed by atoms with Gasteiger partial charge in [0, 0.05) is 50.1 Å². The molecule has 0 radical (unpaired) electrons. The van der Waals surface area contributed by atoms with Crippen LogP contribution in [-0.2, 0) is 4.74 Å². The van der Waals surface area contributed by atoms with E-state index in [0.29, 0.717) is 19.4 Å². The lowest BCUT2D eigenvalue weighted by Crippen LogP contribution is -2.66. The lowest BCUT2D eigenvalue weighted by atomic mass is 9.84. The van der Waals surface area contributed by atoms with Crippen LogP contribution in [0.25, 0.3) is 0 Å². The van der Waals surface area contributed by atoms with Gasteiger partial charge in [0.1, 0.15) is 48.8 Å². The van der Waals surface area contributed by atoms with Gasteiger partial charge in [-0.15, -0.1) is 0 Å². The molecule has 16 unspecified atom stereocenters. The van der Waals surface area contributed by atoms with Crippen molar-refractivity contribution in [1.29, 1.82) is 0 Å². The van der Waals surface area contributed by atoms with Gasteiger partial charge in [0.15, 0.2) is 6.29 Å². The average molecular weight is 1390 g/mol. The first kappa shape index (κ1) is 90.4. The minimum atomic E-state index is -1.57. The predicted molar refractivity (Wildman–Crippen MR) is 315 cm³/mol. The molecule has 8 aliphatic rings. The number of aliphatic hydroxyl groups excluding tert-OH is 34. The number of rotatable bonds is 12. The molecule has 8 fully saturated rings. The number of aliphatic hydroxyl groups is 34. The molecule has 8 rings (SSSR count). The minimum Gasteiger partial charge on any atom is -0.396 e. The van der Waals surface area contributed by atoms with Gasteiger partial charge >= 0.3 is 0 Å². The largest absolute Gasteiger partial charge is 0.396 e. The molecule has 40 N–H and O–H groups in total. The SMILES string of the molecule is CC1[C@@H](CO)NC(CO)[C@@H](O)[C@H]1O.OCC1NCC(O)[C@H](O)[C@@H]1O.OCC1NCC(O)[C@H](O)[C@H]1O.OCC1NCC[C@H](O)[C@H]1O.OCC1N[C@H](CO)C(O)C(O)[C@@H]1O.OCC1N[C@H](CO)C(O)C(O)[C@H]1O.OCC1O[C@H](O)C(O)[C@H](O)[C@H]1O.OC[C@H]1C[C@H](CO)[C@H](O)C1O. The summed E-state index contributed by atoms with van der Waals surface area (Å²) in [6.45, 7) is -0.403. The molecule has 0 amide bonds. The van der Waals surface area contributed by atoms with E-state index in [2.05, 4.69) is 36.6 Å². The van der Waals surface area contributed by atoms with E-state index in [-0.39, 0.29) is 116 Å². The fourth-order valence-electron chi connectivity index (χ4n) is 10.8. The van der Waals surface area contributed by atoms with E-state index in [1.165, 1.54) is 0 Å². The molecule has 7 heterocycles. The standard InChI is InChI=1S/C8H17NO4.2C7H15NO5.C7H14O4.2C6H13NO4.C6H13NO3.C6H12O6/c1-4-5(2-10)9-6(3-11)8(13)7(4)12;2*9-1-3-5(11)7(13)6(12)4(2-10)8-3;8-2-4-1-5(3-9)7(11)6(4)10;2*8-2-3-5(10)6(11)4(9)1-7-3;8-3-4-6(10)5(9)1-2-7-4;7-1-2-3(8)4(9)5(10)6(11)12-2/h4-13H,2-3H2,1H3;2*3-13H,1-2H2;4-11H,1-3H2;2*3-11H,1-2H2;4-10H,1-3H2;2-11H,1H2/t4?,5-,6?,7+,8-;3-,4?,5?,6+,7?;3-,4?,5?,6-,7?;4-,5-,6+,7?;3?,4?,5-,6+;3?,4?,5-,6-;4?,5-,6-;2?,3-,4+,5?,6-/m11111000/s1. The molecule has 35 atom stereocenters. The van der Waals surface area contributed by atoms with Crippen LogP contribution in [0.15, 0.2) is 0 Å². The molecule has 0 aromatic rings. The number of hydrogen-bond acceptors (Lipinski definition) is 41. The van der Waals surface area contributed by atoms with Crippen molar-refractivity contribution < 1.29 is 178 Å². The summed E-state index contributed by atoms with van der Waals surface area (Å²) >= 11 is 0. The highest BCUT2D eigenvalue weighted by Gasteiger charge is 2.46. The topological polar surface area (TPSA) is 769 Å². The van der Waals surface area contributed by atoms with Gasteiger partial charge in [-0.1, -0.05) is 6.92 Å². The zero-order valence-electron chi connectivity index (χ0n) is 51.8. The van der Waals surface area contributed by atoms with Crippen LogP contribution in [0.1, 0.15) is 19.8 Å². The van der Waals surface area contributed by atoms with Crippen LogP contribution >= 0.6 is 0 Å². The summed E-state index contributed by atoms with van der Waals surface area (Å²) in [6, 6.07) is -5.10. The quantitative estimate of drug-likeness (QED) is 0.0863. The van der Waals surface area contributed by atoms with Crippen molar-refractivity contribution in [2.24, 2.45) is 17.8 Å². The fraction of sp³-hybridized carbons (Fsp3) is 1.00. The highest BCUT2D eigenvalue weighted by Crippen LogP contribution is 2.31. The maximum atomic E-state index is 9.54. The van der Waals surface area contributed by atoms with Crippen LogP contribution in [0.2, 0.25) is 0 Å². The minimum absolute atomic E-state index is 0.110. The van der Waals surface area contributed by atoms with Crippen LogP contribution in [-0.4, -0.2) is 467 Å². The second kappa shape index (κ2) is 46.0. The first-order valence-electron chi connectivity index (χ1n) is 30.6. The highest BCUT2D eigenvalue weighted by atomic mass is 16.6. The summed E-state index contributed by atoms with van der Waals surface area (Å²) in [7, 11) is 0. The summed E-state index contributed by atoms with van der Waals surface area (Å²) in [4.78, 5) is 0. The van der Waals surface area contributed by atoms with Gasteiger partial charge in [-0.05, 0) is 19.4 Å². The molecular formula is C53H112N6O35. The zero-order valence-corrected chi connectivity index (χ0v) is 51.8. The van der Waals surface area contributed by atoms with Crippen LogP contribution < -0.4 is 31.9 Å². The highest BCUT2D eigenvalue weighted by molar-refractivity contribution is 5.00. The Morgan fingerprint density at radius 3 is 0.862 bits per heavy atom. The molecule has 7 aliphatic heterocycles. The molecule has 94 heavy (non-hydrogen) atoms. The second-order valence-corrected chi connectivity index (χ2v) is 23.9. The lowest BCUT2D eigenvalue weighted by Gasteiger charge is -2.41. The van der Waals surface area contributed by atoms with E-state index in [9.17, 15) is 61.3 Å². The third-order valence-electron chi connectivity index (χ3n) is 17.4. The van der Waals surface area contributed by atoms with E-state index < -0.39 is 189 Å². The van der Waals surface area contributed by atoms with E-state index in [1.54, 1.807) is 6.92 Å². The van der Waals surface area contributed by atoms with Crippen molar-refractivity contribution in [1.82, 2.24) is 31.9 Å². The van der Waals surface area contributed by atoms with Crippen molar-refractivity contribution in [3.05, 3.63) is 0 Å². The van der Waals surface area contributed by atoms with Gasteiger partial charge in [0.25, 0.3) is 0 Å². The van der Waals surface area contributed by atoms with Crippen molar-refractivity contribution in [2.45, 2.75) is 215 Å². The molecule has 41 heteroatoms. The van der Waals surface area contributed by atoms with Gasteiger partial charge in [-0.3, -0.25) is 0 Å². The Balaban J connectivity index is 0.000000538. The summed E-state index contributed by atoms with van der Waals surface area (Å²) in [5.41, 5.74) is 0. The summed E-state index contributed by atoms with van der Waals surface area (Å²) in [5, 5.41) is 323. The van der Waals surface area contributed by atoms with Gasteiger partial charge in [-0.25, -0.2) is 0 Å². The normalized spacial score (nSPS) is 45.9. The van der Waals surface area contributed by atoms with Gasteiger partial charge < -0.3 is 210 Å². The van der Waals surface area contributed by atoms with E-state index in [4.69, 9.17) is 112 Å². The fourth-order valence-corrected chi connectivity index (χ4v) is 10.8. The Labute approximate surface area is 540 Å². The number of ether oxygens (including phenoxy) is 1. The third kappa shape index (κ3) is 26.1. The first-order valence-corrected chi connectivity index (χ1v) is 30.6. The Bertz CT molecular complexity index is 1720. The maximum Gasteiger partial charge on any atom is 0.184 e. The van der Waals surface area contributed by atoms with Crippen LogP contribution in [0, 0.1) is 17.8 Å². The number of piperidine rings is 6. The van der Waals surface area contributed by atoms with Gasteiger partial charge in [0.05, 0.1) is 200 Å². The van der Waals surface area contributed by atoms with Gasteiger partial charge in [-0.2, -0.15) is 0 Å². The monoisotopic (exact) mass is 1390 g/mol. The smallest absolute Gasteiger partial charge is 0.184 e. The average Bonchev–Trinajstić information content (AvgIpc) is 1.39. The van der Waals surface area contributed by atoms with Crippen molar-refractivity contribution in [2.75, 3.05) is 98.9 Å². The lowest BCUT2D eigenvalue weighted by molar-refractivity contribution is -0.286. The molecule has 564 valence electrons. The second-order valence-electron chi connectivity index (χ2n) is 23.9. The van der Waals surface area contributed by atoms with Crippen LogP contribution in [0.4, 0.5) is 0 Å². The van der Waals surface area contributed by atoms with Crippen LogP contribution in [0.3, 0.4) is 0 Å². The summed E-state index contributed by atoms with van der Waals surface area (Å²) in [6.07, 6.45) is -25.1. The molecule has 0 spiro atoms. The number of β-amino-alcohol motifs (C(OH)–C–C–N with tert-alkyl or cyclic N) is 2. The number of nitrogens with one attached hydrogen (secondary N) is 6. The van der Waals surface area contributed by atoms with Gasteiger partial charge in [0.2, 0.25) is 0 Å². The number of hydrogen-bond donors (Lipinski definition) is 40. The maximum absolute atomic E-state index is 9.54. The Morgan fingerprint density at radius 2 is 0.564 bits per heavy atom. The van der Waals surface area contributed by atoms with Crippen molar-refractivity contribution in [3.63, 3.8) is 0 Å². The van der Waals surface area contributed by atoms with Crippen molar-refractivity contribution in [3.8, 4) is 0 Å². The Hall–Kier alpha value is -1.64. The molecule has 1 aliphatic carbocycles. The van der Waals surface area contributed by atoms with Crippen LogP contribution in [0.5, 0.6) is 0 Å². The summed E-state index contributed by atoms with van der Waals surface area (Å²) < 4.78 is 4.58. The molecule has 41 nitrogen and oxygen atoms in total. The Kier molecular flexibility index (Phi) is 44.2. The molecule has 1 saturated carbocycles.